The van der Waals surface area contributed by atoms with Crippen LogP contribution in [-0.4, -0.2) is 50.8 Å². The molecule has 9 nitrogen and oxygen atoms in total. The number of halogens is 4. The van der Waals surface area contributed by atoms with E-state index in [1.165, 1.54) is 17.0 Å². The monoisotopic (exact) mass is 548 g/mol. The van der Waals surface area contributed by atoms with Gasteiger partial charge in [0.05, 0.1) is 30.3 Å². The molecule has 0 N–H and O–H groups in total. The Bertz CT molecular complexity index is 1480. The summed E-state index contributed by atoms with van der Waals surface area (Å²) < 4.78 is 59.0. The zero-order valence-corrected chi connectivity index (χ0v) is 20.8. The van der Waals surface area contributed by atoms with Crippen LogP contribution in [0.2, 0.25) is 0 Å². The summed E-state index contributed by atoms with van der Waals surface area (Å²) in [5, 5.41) is 3.95. The first-order chi connectivity index (χ1) is 18.5. The molecular weight excluding hydrogens is 524 g/mol. The van der Waals surface area contributed by atoms with Gasteiger partial charge in [-0.25, -0.2) is 9.18 Å². The third-order valence-electron chi connectivity index (χ3n) is 6.28. The minimum Gasteiger partial charge on any atom is -0.466 e. The second kappa shape index (κ2) is 11.2. The molecule has 0 unspecified atom stereocenters. The topological polar surface area (TPSA) is 104 Å². The number of benzene rings is 2. The first-order valence-electron chi connectivity index (χ1n) is 12.1. The van der Waals surface area contributed by atoms with Gasteiger partial charge in [0.15, 0.2) is 0 Å². The summed E-state index contributed by atoms with van der Waals surface area (Å²) in [6, 6.07) is 8.44. The molecule has 1 amide bonds. The lowest BCUT2D eigenvalue weighted by Gasteiger charge is -2.31. The largest absolute Gasteiger partial charge is 0.466 e. The third kappa shape index (κ3) is 6.07. The predicted octanol–water partition coefficient (Wildman–Crippen LogP) is 3.02. The number of ether oxygens (including phenoxy) is 1. The molecule has 1 aliphatic heterocycles. The van der Waals surface area contributed by atoms with Gasteiger partial charge in [-0.15, -0.1) is 0 Å². The quantitative estimate of drug-likeness (QED) is 0.347. The molecule has 0 spiro atoms. The second-order valence-electron chi connectivity index (χ2n) is 8.95. The number of carbonyl (C=O) groups is 2. The van der Waals surface area contributed by atoms with Gasteiger partial charge in [-0.1, -0.05) is 12.1 Å². The molecular formula is C26H24F4N4O5. The van der Waals surface area contributed by atoms with Crippen molar-refractivity contribution in [3.05, 3.63) is 92.0 Å². The predicted molar refractivity (Wildman–Crippen MR) is 130 cm³/mol. The van der Waals surface area contributed by atoms with Gasteiger partial charge in [0.2, 0.25) is 5.69 Å². The minimum atomic E-state index is -4.62. The first kappa shape index (κ1) is 27.7. The van der Waals surface area contributed by atoms with E-state index in [2.05, 4.69) is 5.10 Å². The number of piperidine rings is 1. The Morgan fingerprint density at radius 1 is 1.05 bits per heavy atom. The van der Waals surface area contributed by atoms with Gasteiger partial charge < -0.3 is 9.64 Å². The van der Waals surface area contributed by atoms with Crippen LogP contribution in [0, 0.1) is 11.7 Å². The molecule has 0 bridgehead atoms. The molecule has 0 saturated carbocycles. The van der Waals surface area contributed by atoms with Gasteiger partial charge in [0, 0.05) is 13.1 Å². The first-order valence-corrected chi connectivity index (χ1v) is 12.1. The number of likely N-dealkylation sites (tertiary alicyclic amines) is 1. The van der Waals surface area contributed by atoms with Gasteiger partial charge in [0.1, 0.15) is 5.82 Å². The fraction of sp³-hybridized carbons (Fsp3) is 0.346. The summed E-state index contributed by atoms with van der Waals surface area (Å²) in [4.78, 5) is 53.6. The molecule has 1 fully saturated rings. The van der Waals surface area contributed by atoms with Crippen LogP contribution in [0.1, 0.15) is 41.4 Å². The van der Waals surface area contributed by atoms with E-state index < -0.39 is 52.3 Å². The van der Waals surface area contributed by atoms with Gasteiger partial charge in [-0.05, 0) is 61.7 Å². The molecule has 1 aromatic heterocycles. The van der Waals surface area contributed by atoms with Gasteiger partial charge in [-0.2, -0.15) is 23.0 Å². The standard InChI is InChI=1S/C26H24F4N4O5/c1-2-39-24(37)17-4-3-13-32(15-17)22(35)21-23(36)33(14-16-5-9-19(27)10-6-16)25(38)34(31-21)20-11-7-18(8-12-20)26(28,29)30/h5-12,17H,2-4,13-15H2,1H3/t17-/m0/s1. The molecule has 2 aromatic carbocycles. The molecule has 0 radical (unpaired) electrons. The Morgan fingerprint density at radius 3 is 2.33 bits per heavy atom. The summed E-state index contributed by atoms with van der Waals surface area (Å²) in [5.74, 6) is -2.47. The molecule has 13 heteroatoms. The van der Waals surface area contributed by atoms with Crippen LogP contribution < -0.4 is 11.2 Å². The minimum absolute atomic E-state index is 0.0316. The lowest BCUT2D eigenvalue weighted by atomic mass is 9.98. The number of aromatic nitrogens is 3. The molecule has 3 aromatic rings. The number of hydrogen-bond acceptors (Lipinski definition) is 6. The Kier molecular flexibility index (Phi) is 7.98. The highest BCUT2D eigenvalue weighted by Gasteiger charge is 2.33. The molecule has 206 valence electrons. The van der Waals surface area contributed by atoms with Crippen molar-refractivity contribution in [3.63, 3.8) is 0 Å². The summed E-state index contributed by atoms with van der Waals surface area (Å²) in [6.07, 6.45) is -3.68. The molecule has 1 atom stereocenters. The average molecular weight is 548 g/mol. The van der Waals surface area contributed by atoms with Crippen molar-refractivity contribution in [3.8, 4) is 5.69 Å². The molecule has 4 rings (SSSR count). The number of nitrogens with zero attached hydrogens (tertiary/aromatic N) is 4. The lowest BCUT2D eigenvalue weighted by molar-refractivity contribution is -0.149. The highest BCUT2D eigenvalue weighted by molar-refractivity contribution is 5.92. The third-order valence-corrected chi connectivity index (χ3v) is 6.28. The highest BCUT2D eigenvalue weighted by Crippen LogP contribution is 2.29. The van der Waals surface area contributed by atoms with E-state index in [0.29, 0.717) is 27.7 Å². The average Bonchev–Trinajstić information content (AvgIpc) is 2.92. The Morgan fingerprint density at radius 2 is 1.72 bits per heavy atom. The summed E-state index contributed by atoms with van der Waals surface area (Å²) in [6.45, 7) is 1.65. The maximum Gasteiger partial charge on any atom is 0.416 e. The number of esters is 1. The number of hydrogen-bond donors (Lipinski definition) is 0. The Hall–Kier alpha value is -4.29. The van der Waals surface area contributed by atoms with Crippen LogP contribution in [0.5, 0.6) is 0 Å². The summed E-state index contributed by atoms with van der Waals surface area (Å²) in [7, 11) is 0. The van der Waals surface area contributed by atoms with E-state index in [-0.39, 0.29) is 31.9 Å². The summed E-state index contributed by atoms with van der Waals surface area (Å²) in [5.41, 5.74) is -3.41. The van der Waals surface area contributed by atoms with Crippen molar-refractivity contribution in [1.82, 2.24) is 19.2 Å². The maximum atomic E-state index is 13.5. The molecule has 2 heterocycles. The normalized spacial score (nSPS) is 15.7. The van der Waals surface area contributed by atoms with Gasteiger partial charge in [-0.3, -0.25) is 19.0 Å². The van der Waals surface area contributed by atoms with Crippen molar-refractivity contribution in [2.24, 2.45) is 5.92 Å². The summed E-state index contributed by atoms with van der Waals surface area (Å²) >= 11 is 0. The maximum absolute atomic E-state index is 13.5. The molecule has 39 heavy (non-hydrogen) atoms. The number of amides is 1. The second-order valence-corrected chi connectivity index (χ2v) is 8.95. The van der Waals surface area contributed by atoms with E-state index in [1.807, 2.05) is 0 Å². The fourth-order valence-electron chi connectivity index (χ4n) is 4.28. The van der Waals surface area contributed by atoms with E-state index >= 15 is 0 Å². The number of carbonyl (C=O) groups excluding carboxylic acids is 2. The van der Waals surface area contributed by atoms with Crippen molar-refractivity contribution in [2.75, 3.05) is 19.7 Å². The van der Waals surface area contributed by atoms with Crippen LogP contribution in [-0.2, 0) is 22.3 Å². The smallest absolute Gasteiger partial charge is 0.416 e. The molecule has 0 aliphatic carbocycles. The Labute approximate surface area is 219 Å². The van der Waals surface area contributed by atoms with Crippen molar-refractivity contribution in [2.45, 2.75) is 32.5 Å². The van der Waals surface area contributed by atoms with Crippen LogP contribution in [0.15, 0.2) is 58.1 Å². The van der Waals surface area contributed by atoms with Crippen molar-refractivity contribution >= 4 is 11.9 Å². The fourth-order valence-corrected chi connectivity index (χ4v) is 4.28. The van der Waals surface area contributed by atoms with Crippen LogP contribution in [0.3, 0.4) is 0 Å². The van der Waals surface area contributed by atoms with E-state index in [0.717, 1.165) is 36.4 Å². The highest BCUT2D eigenvalue weighted by atomic mass is 19.4. The van der Waals surface area contributed by atoms with E-state index in [1.54, 1.807) is 6.92 Å². The number of rotatable bonds is 6. The zero-order valence-electron chi connectivity index (χ0n) is 20.8. The van der Waals surface area contributed by atoms with Crippen molar-refractivity contribution in [1.29, 1.82) is 0 Å². The van der Waals surface area contributed by atoms with Crippen LogP contribution in [0.25, 0.3) is 5.69 Å². The van der Waals surface area contributed by atoms with Crippen LogP contribution in [0.4, 0.5) is 17.6 Å². The SMILES string of the molecule is CCOC(=O)[C@H]1CCCN(C(=O)c2nn(-c3ccc(C(F)(F)F)cc3)c(=O)n(Cc3ccc(F)cc3)c2=O)C1. The van der Waals surface area contributed by atoms with E-state index in [4.69, 9.17) is 4.74 Å². The van der Waals surface area contributed by atoms with Crippen molar-refractivity contribution < 1.29 is 31.9 Å². The molecule has 1 aliphatic rings. The van der Waals surface area contributed by atoms with Gasteiger partial charge in [0.25, 0.3) is 11.5 Å². The number of alkyl halides is 3. The zero-order chi connectivity index (χ0) is 28.3. The Balaban J connectivity index is 1.79. The van der Waals surface area contributed by atoms with Crippen LogP contribution >= 0.6 is 0 Å². The van der Waals surface area contributed by atoms with E-state index in [9.17, 15) is 36.7 Å². The van der Waals surface area contributed by atoms with Gasteiger partial charge >= 0.3 is 17.8 Å². The molecule has 1 saturated heterocycles. The lowest BCUT2D eigenvalue weighted by Crippen LogP contribution is -2.49.